The first-order valence-corrected chi connectivity index (χ1v) is 11.0. The van der Waals surface area contributed by atoms with Crippen LogP contribution < -0.4 is 4.90 Å². The van der Waals surface area contributed by atoms with Crippen LogP contribution in [0.3, 0.4) is 0 Å². The topological polar surface area (TPSA) is 78.8 Å². The summed E-state index contributed by atoms with van der Waals surface area (Å²) >= 11 is 0. The number of benzene rings is 1. The number of para-hydroxylation sites is 1. The summed E-state index contributed by atoms with van der Waals surface area (Å²) < 4.78 is 37.3. The minimum atomic E-state index is -5.08. The highest BCUT2D eigenvalue weighted by molar-refractivity contribution is 5.73. The Bertz CT molecular complexity index is 943. The summed E-state index contributed by atoms with van der Waals surface area (Å²) in [7, 11) is 0. The van der Waals surface area contributed by atoms with Gasteiger partial charge in [-0.25, -0.2) is 14.8 Å². The smallest absolute Gasteiger partial charge is 0.475 e. The molecule has 0 radical (unpaired) electrons. The fourth-order valence-corrected chi connectivity index (χ4v) is 4.92. The fraction of sp³-hybridized carbons (Fsp3) is 0.522. The maximum Gasteiger partial charge on any atom is 0.490 e. The number of carbonyl (C=O) groups is 1. The Morgan fingerprint density at radius 2 is 1.82 bits per heavy atom. The summed E-state index contributed by atoms with van der Waals surface area (Å²) in [6.07, 6.45) is 2.23. The van der Waals surface area contributed by atoms with Gasteiger partial charge >= 0.3 is 12.1 Å². The molecule has 0 bridgehead atoms. The first-order valence-electron chi connectivity index (χ1n) is 11.0. The highest BCUT2D eigenvalue weighted by Gasteiger charge is 2.45. The quantitative estimate of drug-likeness (QED) is 0.743. The molecule has 1 N–H and O–H groups in total. The summed E-state index contributed by atoms with van der Waals surface area (Å²) in [5, 5.41) is 7.12. The molecule has 2 aromatic rings. The number of carboxylic acid groups (broad SMARTS) is 1. The molecule has 1 aromatic heterocycles. The molecule has 5 rings (SSSR count). The lowest BCUT2D eigenvalue weighted by Crippen LogP contribution is -2.46. The van der Waals surface area contributed by atoms with Gasteiger partial charge in [-0.1, -0.05) is 18.2 Å². The number of aromatic nitrogens is 2. The lowest BCUT2D eigenvalue weighted by atomic mass is 9.74. The number of hydrogen-bond acceptors (Lipinski definition) is 6. The number of hydrogen-bond donors (Lipinski definition) is 1. The number of carboxylic acids is 1. The highest BCUT2D eigenvalue weighted by Crippen LogP contribution is 2.48. The van der Waals surface area contributed by atoms with Gasteiger partial charge in [-0.15, -0.1) is 0 Å². The van der Waals surface area contributed by atoms with Crippen molar-refractivity contribution in [3.63, 3.8) is 0 Å². The van der Waals surface area contributed by atoms with Crippen LogP contribution in [0.25, 0.3) is 0 Å². The van der Waals surface area contributed by atoms with Crippen LogP contribution in [0.2, 0.25) is 0 Å². The first-order chi connectivity index (χ1) is 15.8. The molecule has 0 saturated carbocycles. The number of likely N-dealkylation sites (tertiary alicyclic amines) is 1. The average molecular weight is 464 g/mol. The first kappa shape index (κ1) is 23.4. The normalized spacial score (nSPS) is 22.0. The van der Waals surface area contributed by atoms with Gasteiger partial charge in [0.2, 0.25) is 5.95 Å². The molecule has 2 saturated heterocycles. The van der Waals surface area contributed by atoms with Crippen LogP contribution in [0.15, 0.2) is 42.7 Å². The molecule has 0 aliphatic carbocycles. The van der Waals surface area contributed by atoms with Gasteiger partial charge in [0.1, 0.15) is 0 Å². The summed E-state index contributed by atoms with van der Waals surface area (Å²) in [5.74, 6) is -1.20. The van der Waals surface area contributed by atoms with Crippen LogP contribution in [-0.4, -0.2) is 71.5 Å². The number of aliphatic carboxylic acids is 1. The molecule has 1 atom stereocenters. The summed E-state index contributed by atoms with van der Waals surface area (Å²) in [6.45, 7) is 6.44. The Balaban J connectivity index is 0.000000325. The molecule has 10 heteroatoms. The van der Waals surface area contributed by atoms with E-state index in [1.54, 1.807) is 0 Å². The van der Waals surface area contributed by atoms with Gasteiger partial charge in [-0.2, -0.15) is 13.2 Å². The monoisotopic (exact) mass is 464 g/mol. The van der Waals surface area contributed by atoms with Crippen LogP contribution in [0.1, 0.15) is 24.8 Å². The Kier molecular flexibility index (Phi) is 6.85. The number of piperidine rings is 1. The molecule has 33 heavy (non-hydrogen) atoms. The van der Waals surface area contributed by atoms with E-state index in [2.05, 4.69) is 44.0 Å². The largest absolute Gasteiger partial charge is 0.490 e. The second-order valence-corrected chi connectivity index (χ2v) is 8.77. The van der Waals surface area contributed by atoms with Crippen molar-refractivity contribution in [1.82, 2.24) is 14.9 Å². The highest BCUT2D eigenvalue weighted by atomic mass is 19.4. The number of nitrogens with zero attached hydrogens (tertiary/aromatic N) is 4. The number of halogens is 3. The van der Waals surface area contributed by atoms with E-state index in [9.17, 15) is 13.2 Å². The zero-order valence-electron chi connectivity index (χ0n) is 18.2. The zero-order chi connectivity index (χ0) is 23.5. The molecule has 0 amide bonds. The third-order valence-electron chi connectivity index (χ3n) is 6.62. The van der Waals surface area contributed by atoms with Gasteiger partial charge in [0.15, 0.2) is 0 Å². The maximum atomic E-state index is 10.6. The number of anilines is 2. The molecule has 3 aliphatic rings. The van der Waals surface area contributed by atoms with Gasteiger partial charge in [0.05, 0.1) is 6.61 Å². The molecule has 1 spiro atoms. The van der Waals surface area contributed by atoms with Crippen molar-refractivity contribution in [1.29, 1.82) is 0 Å². The van der Waals surface area contributed by atoms with Crippen molar-refractivity contribution in [2.75, 3.05) is 44.3 Å². The fourth-order valence-electron chi connectivity index (χ4n) is 4.92. The standard InChI is InChI=1S/C21H26N4O.C2HF3O2/c1-2-5-19-18(4-1)21(16-25(19)20-22-9-3-10-23-20)7-11-24(12-8-21)14-17-6-13-26-15-17;3-2(4,5)1(6)7/h1-5,9-10,17H,6-8,11-16H2;(H,6,7). The van der Waals surface area contributed by atoms with Crippen molar-refractivity contribution in [2.24, 2.45) is 5.92 Å². The van der Waals surface area contributed by atoms with Gasteiger partial charge in [-0.3, -0.25) is 0 Å². The molecule has 3 aliphatic heterocycles. The second kappa shape index (κ2) is 9.64. The van der Waals surface area contributed by atoms with Crippen molar-refractivity contribution >= 4 is 17.6 Å². The molecule has 1 unspecified atom stereocenters. The molecule has 4 heterocycles. The Labute approximate surface area is 190 Å². The number of fused-ring (bicyclic) bond motifs is 2. The van der Waals surface area contributed by atoms with Crippen LogP contribution >= 0.6 is 0 Å². The van der Waals surface area contributed by atoms with Gasteiger partial charge in [0, 0.05) is 43.2 Å². The molecular weight excluding hydrogens is 437 g/mol. The second-order valence-electron chi connectivity index (χ2n) is 8.77. The van der Waals surface area contributed by atoms with E-state index in [0.717, 1.165) is 31.6 Å². The predicted molar refractivity (Wildman–Crippen MR) is 115 cm³/mol. The van der Waals surface area contributed by atoms with Crippen LogP contribution in [0, 0.1) is 5.92 Å². The molecular formula is C23H27F3N4O3. The number of rotatable bonds is 3. The summed E-state index contributed by atoms with van der Waals surface area (Å²) in [4.78, 5) is 22.9. The SMILES string of the molecule is O=C(O)C(F)(F)F.c1cnc(N2CC3(CCN(CC4CCOC4)CC3)c3ccccc32)nc1. The van der Waals surface area contributed by atoms with Crippen LogP contribution in [-0.2, 0) is 14.9 Å². The van der Waals surface area contributed by atoms with Gasteiger partial charge in [-0.05, 0) is 56.0 Å². The third-order valence-corrected chi connectivity index (χ3v) is 6.62. The van der Waals surface area contributed by atoms with E-state index in [1.165, 1.54) is 50.1 Å². The van der Waals surface area contributed by atoms with Crippen molar-refractivity contribution < 1.29 is 27.8 Å². The average Bonchev–Trinajstić information content (AvgIpc) is 3.43. The lowest BCUT2D eigenvalue weighted by molar-refractivity contribution is -0.192. The Morgan fingerprint density at radius 1 is 1.15 bits per heavy atom. The van der Waals surface area contributed by atoms with E-state index >= 15 is 0 Å². The van der Waals surface area contributed by atoms with E-state index in [4.69, 9.17) is 14.6 Å². The van der Waals surface area contributed by atoms with E-state index < -0.39 is 12.1 Å². The number of alkyl halides is 3. The Morgan fingerprint density at radius 3 is 2.42 bits per heavy atom. The van der Waals surface area contributed by atoms with Crippen LogP contribution in [0.4, 0.5) is 24.8 Å². The molecule has 2 fully saturated rings. The summed E-state index contributed by atoms with van der Waals surface area (Å²) in [5.41, 5.74) is 3.01. The van der Waals surface area contributed by atoms with Gasteiger partial charge < -0.3 is 19.6 Å². The number of ether oxygens (including phenoxy) is 1. The van der Waals surface area contributed by atoms with Crippen molar-refractivity contribution in [2.45, 2.75) is 30.9 Å². The summed E-state index contributed by atoms with van der Waals surface area (Å²) in [6, 6.07) is 10.7. The van der Waals surface area contributed by atoms with Gasteiger partial charge in [0.25, 0.3) is 0 Å². The zero-order valence-corrected chi connectivity index (χ0v) is 18.2. The van der Waals surface area contributed by atoms with Crippen molar-refractivity contribution in [3.8, 4) is 0 Å². The van der Waals surface area contributed by atoms with Crippen LogP contribution in [0.5, 0.6) is 0 Å². The molecule has 7 nitrogen and oxygen atoms in total. The van der Waals surface area contributed by atoms with E-state index in [1.807, 2.05) is 18.5 Å². The molecule has 178 valence electrons. The van der Waals surface area contributed by atoms with E-state index in [-0.39, 0.29) is 5.41 Å². The van der Waals surface area contributed by atoms with E-state index in [0.29, 0.717) is 0 Å². The Hall–Kier alpha value is -2.72. The minimum absolute atomic E-state index is 0.235. The molecule has 1 aromatic carbocycles. The maximum absolute atomic E-state index is 10.6. The minimum Gasteiger partial charge on any atom is -0.475 e. The van der Waals surface area contributed by atoms with Crippen molar-refractivity contribution in [3.05, 3.63) is 48.3 Å². The third kappa shape index (κ3) is 5.27. The predicted octanol–water partition coefficient (Wildman–Crippen LogP) is 3.63. The lowest BCUT2D eigenvalue weighted by Gasteiger charge is -2.40.